The van der Waals surface area contributed by atoms with Gasteiger partial charge in [-0.3, -0.25) is 4.79 Å². The molecule has 1 amide bonds. The number of thiazole rings is 1. The van der Waals surface area contributed by atoms with Crippen molar-refractivity contribution in [2.75, 3.05) is 13.1 Å². The number of carbonyl (C=O) groups is 1. The van der Waals surface area contributed by atoms with Crippen LogP contribution in [0.2, 0.25) is 0 Å². The molecule has 0 bridgehead atoms. The third kappa shape index (κ3) is 7.10. The number of hydrogen-bond donors (Lipinski definition) is 2. The first-order valence-corrected chi connectivity index (χ1v) is 8.68. The lowest BCUT2D eigenvalue weighted by Gasteiger charge is -2.09. The first-order chi connectivity index (χ1) is 10.2. The number of hydrogen-bond acceptors (Lipinski definition) is 5. The molecule has 0 spiro atoms. The van der Waals surface area contributed by atoms with E-state index in [4.69, 9.17) is 5.73 Å². The summed E-state index contributed by atoms with van der Waals surface area (Å²) in [5, 5.41) is 6.03. The van der Waals surface area contributed by atoms with E-state index in [0.29, 0.717) is 18.7 Å². The minimum Gasteiger partial charge on any atom is -0.352 e. The molecular weight excluding hydrogens is 373 g/mol. The number of nitrogens with zero attached hydrogens (tertiary/aromatic N) is 1. The van der Waals surface area contributed by atoms with E-state index in [1.54, 1.807) is 23.1 Å². The van der Waals surface area contributed by atoms with E-state index in [1.165, 1.54) is 0 Å². The van der Waals surface area contributed by atoms with Gasteiger partial charge in [-0.15, -0.1) is 47.9 Å². The Morgan fingerprint density at radius 1 is 1.35 bits per heavy atom. The predicted molar refractivity (Wildman–Crippen MR) is 103 cm³/mol. The van der Waals surface area contributed by atoms with Gasteiger partial charge in [0, 0.05) is 22.6 Å². The summed E-state index contributed by atoms with van der Waals surface area (Å²) in [4.78, 5) is 17.6. The topological polar surface area (TPSA) is 68.0 Å². The SMILES string of the molecule is Cc1nc(CSc2ccccc2C(=O)NCCCN)cs1.Cl.Cl. The smallest absolute Gasteiger partial charge is 0.252 e. The first kappa shape index (κ1) is 22.2. The number of rotatable bonds is 7. The number of amides is 1. The maximum Gasteiger partial charge on any atom is 0.252 e. The average molecular weight is 394 g/mol. The highest BCUT2D eigenvalue weighted by atomic mass is 35.5. The molecule has 0 aliphatic carbocycles. The molecule has 2 aromatic rings. The van der Waals surface area contributed by atoms with Crippen LogP contribution in [0, 0.1) is 6.92 Å². The summed E-state index contributed by atoms with van der Waals surface area (Å²) in [5.74, 6) is 0.734. The van der Waals surface area contributed by atoms with E-state index in [2.05, 4.69) is 15.7 Å². The van der Waals surface area contributed by atoms with Crippen molar-refractivity contribution in [3.05, 3.63) is 45.9 Å². The van der Waals surface area contributed by atoms with Crippen molar-refractivity contribution in [2.24, 2.45) is 5.73 Å². The Balaban J connectivity index is 0.00000242. The highest BCUT2D eigenvalue weighted by molar-refractivity contribution is 7.98. The zero-order chi connectivity index (χ0) is 15.1. The van der Waals surface area contributed by atoms with Gasteiger partial charge in [0.25, 0.3) is 5.91 Å². The molecule has 1 aromatic carbocycles. The number of thioether (sulfide) groups is 1. The fourth-order valence-corrected chi connectivity index (χ4v) is 3.47. The largest absolute Gasteiger partial charge is 0.352 e. The number of halogens is 2. The van der Waals surface area contributed by atoms with Crippen LogP contribution in [-0.2, 0) is 5.75 Å². The van der Waals surface area contributed by atoms with E-state index < -0.39 is 0 Å². The molecule has 1 heterocycles. The summed E-state index contributed by atoms with van der Waals surface area (Å²) in [6, 6.07) is 7.66. The lowest BCUT2D eigenvalue weighted by atomic mass is 10.2. The van der Waals surface area contributed by atoms with Gasteiger partial charge in [0.2, 0.25) is 0 Å². The standard InChI is InChI=1S/C15H19N3OS2.2ClH/c1-11-18-12(9-20-11)10-21-14-6-3-2-5-13(14)15(19)17-8-4-7-16;;/h2-3,5-6,9H,4,7-8,10,16H2,1H3,(H,17,19);2*1H. The number of aryl methyl sites for hydroxylation is 1. The van der Waals surface area contributed by atoms with Gasteiger partial charge in [-0.25, -0.2) is 4.98 Å². The third-order valence-electron chi connectivity index (χ3n) is 2.84. The van der Waals surface area contributed by atoms with Gasteiger partial charge >= 0.3 is 0 Å². The molecule has 0 radical (unpaired) electrons. The number of aromatic nitrogens is 1. The number of nitrogens with two attached hydrogens (primary N) is 1. The van der Waals surface area contributed by atoms with Crippen molar-refractivity contribution >= 4 is 53.8 Å². The monoisotopic (exact) mass is 393 g/mol. The third-order valence-corrected chi connectivity index (χ3v) is 4.77. The van der Waals surface area contributed by atoms with Crippen LogP contribution in [0.25, 0.3) is 0 Å². The van der Waals surface area contributed by atoms with Gasteiger partial charge < -0.3 is 11.1 Å². The normalized spacial score (nSPS) is 9.65. The van der Waals surface area contributed by atoms with Crippen LogP contribution in [0.3, 0.4) is 0 Å². The first-order valence-electron chi connectivity index (χ1n) is 6.82. The number of nitrogens with one attached hydrogen (secondary N) is 1. The molecular formula is C15H21Cl2N3OS2. The molecule has 3 N–H and O–H groups in total. The lowest BCUT2D eigenvalue weighted by Crippen LogP contribution is -2.26. The second kappa shape index (κ2) is 11.7. The molecule has 1 aromatic heterocycles. The van der Waals surface area contributed by atoms with Crippen molar-refractivity contribution in [3.63, 3.8) is 0 Å². The minimum absolute atomic E-state index is 0. The summed E-state index contributed by atoms with van der Waals surface area (Å²) in [6.07, 6.45) is 0.791. The maximum absolute atomic E-state index is 12.2. The average Bonchev–Trinajstić information content (AvgIpc) is 2.91. The van der Waals surface area contributed by atoms with E-state index >= 15 is 0 Å². The van der Waals surface area contributed by atoms with Gasteiger partial charge in [-0.2, -0.15) is 0 Å². The molecule has 4 nitrogen and oxygen atoms in total. The Kier molecular flexibility index (Phi) is 11.3. The predicted octanol–water partition coefficient (Wildman–Crippen LogP) is 3.67. The molecule has 23 heavy (non-hydrogen) atoms. The molecule has 128 valence electrons. The van der Waals surface area contributed by atoms with Gasteiger partial charge in [-0.05, 0) is 32.0 Å². The van der Waals surface area contributed by atoms with Gasteiger partial charge in [-0.1, -0.05) is 12.1 Å². The van der Waals surface area contributed by atoms with E-state index in [9.17, 15) is 4.79 Å². The zero-order valence-corrected chi connectivity index (χ0v) is 16.0. The highest BCUT2D eigenvalue weighted by Gasteiger charge is 2.11. The molecule has 8 heteroatoms. The fraction of sp³-hybridized carbons (Fsp3) is 0.333. The molecule has 0 fully saturated rings. The van der Waals surface area contributed by atoms with Crippen LogP contribution in [0.4, 0.5) is 0 Å². The van der Waals surface area contributed by atoms with Crippen molar-refractivity contribution in [2.45, 2.75) is 24.0 Å². The van der Waals surface area contributed by atoms with Crippen LogP contribution >= 0.6 is 47.9 Å². The Labute approximate surface area is 157 Å². The summed E-state index contributed by atoms with van der Waals surface area (Å²) in [5.41, 5.74) is 7.21. The van der Waals surface area contributed by atoms with Crippen LogP contribution in [0.1, 0.15) is 27.5 Å². The van der Waals surface area contributed by atoms with Crippen LogP contribution in [0.15, 0.2) is 34.5 Å². The molecule has 0 aliphatic heterocycles. The van der Waals surface area contributed by atoms with E-state index in [0.717, 1.165) is 27.8 Å². The van der Waals surface area contributed by atoms with Crippen molar-refractivity contribution in [3.8, 4) is 0 Å². The van der Waals surface area contributed by atoms with Gasteiger partial charge in [0.15, 0.2) is 0 Å². The summed E-state index contributed by atoms with van der Waals surface area (Å²) in [7, 11) is 0. The second-order valence-corrected chi connectivity index (χ2v) is 6.62. The summed E-state index contributed by atoms with van der Waals surface area (Å²) in [6.45, 7) is 3.19. The quantitative estimate of drug-likeness (QED) is 0.556. The molecule has 0 unspecified atom stereocenters. The van der Waals surface area contributed by atoms with Crippen LogP contribution in [0.5, 0.6) is 0 Å². The molecule has 0 atom stereocenters. The van der Waals surface area contributed by atoms with Gasteiger partial charge in [0.05, 0.1) is 16.3 Å². The Hall–Kier alpha value is -0.790. The Morgan fingerprint density at radius 3 is 2.74 bits per heavy atom. The minimum atomic E-state index is -0.0407. The number of benzene rings is 1. The van der Waals surface area contributed by atoms with Crippen molar-refractivity contribution < 1.29 is 4.79 Å². The van der Waals surface area contributed by atoms with Crippen LogP contribution < -0.4 is 11.1 Å². The fourth-order valence-electron chi connectivity index (χ4n) is 1.81. The summed E-state index contributed by atoms with van der Waals surface area (Å²) >= 11 is 3.29. The Morgan fingerprint density at radius 2 is 2.09 bits per heavy atom. The number of carbonyl (C=O) groups excluding carboxylic acids is 1. The van der Waals surface area contributed by atoms with Crippen molar-refractivity contribution in [1.29, 1.82) is 0 Å². The maximum atomic E-state index is 12.2. The van der Waals surface area contributed by atoms with E-state index in [1.807, 2.05) is 31.2 Å². The second-order valence-electron chi connectivity index (χ2n) is 4.54. The Bertz CT molecular complexity index is 608. The molecule has 0 saturated heterocycles. The molecule has 0 saturated carbocycles. The summed E-state index contributed by atoms with van der Waals surface area (Å²) < 4.78 is 0. The molecule has 0 aliphatic rings. The molecule has 2 rings (SSSR count). The van der Waals surface area contributed by atoms with E-state index in [-0.39, 0.29) is 30.7 Å². The zero-order valence-electron chi connectivity index (χ0n) is 12.8. The van der Waals surface area contributed by atoms with Crippen molar-refractivity contribution in [1.82, 2.24) is 10.3 Å². The highest BCUT2D eigenvalue weighted by Crippen LogP contribution is 2.26. The van der Waals surface area contributed by atoms with Crippen LogP contribution in [-0.4, -0.2) is 24.0 Å². The van der Waals surface area contributed by atoms with Gasteiger partial charge in [0.1, 0.15) is 0 Å². The lowest BCUT2D eigenvalue weighted by molar-refractivity contribution is 0.0950.